The van der Waals surface area contributed by atoms with E-state index in [9.17, 15) is 0 Å². The van der Waals surface area contributed by atoms with E-state index >= 15 is 0 Å². The number of thiophene rings is 1. The number of rotatable bonds is 5. The van der Waals surface area contributed by atoms with Crippen molar-refractivity contribution in [1.82, 2.24) is 0 Å². The lowest BCUT2D eigenvalue weighted by molar-refractivity contribution is -0.0446. The first-order valence-corrected chi connectivity index (χ1v) is 8.09. The van der Waals surface area contributed by atoms with Crippen molar-refractivity contribution in [3.05, 3.63) is 34.7 Å². The van der Waals surface area contributed by atoms with Gasteiger partial charge in [-0.1, -0.05) is 18.2 Å². The molecule has 108 valence electrons. The third kappa shape index (κ3) is 3.04. The Labute approximate surface area is 123 Å². The molecule has 0 aliphatic carbocycles. The zero-order valence-electron chi connectivity index (χ0n) is 11.6. The standard InChI is InChI=1S/C16H21NO2S/c17-9-16-14(13-6-1-2-7-15(13)20-16)11-18-10-12-5-3-4-8-19-12/h1-2,6-7,12H,3-5,8-11,17H2. The van der Waals surface area contributed by atoms with Crippen molar-refractivity contribution < 1.29 is 9.47 Å². The van der Waals surface area contributed by atoms with Crippen LogP contribution in [0.25, 0.3) is 10.1 Å². The van der Waals surface area contributed by atoms with E-state index in [1.165, 1.54) is 33.4 Å². The fraction of sp³-hybridized carbons (Fsp3) is 0.500. The van der Waals surface area contributed by atoms with E-state index < -0.39 is 0 Å². The molecule has 1 atom stereocenters. The maximum Gasteiger partial charge on any atom is 0.0808 e. The van der Waals surface area contributed by atoms with E-state index in [1.54, 1.807) is 11.3 Å². The molecule has 20 heavy (non-hydrogen) atoms. The van der Waals surface area contributed by atoms with Crippen LogP contribution in [0.4, 0.5) is 0 Å². The summed E-state index contributed by atoms with van der Waals surface area (Å²) >= 11 is 1.77. The fourth-order valence-electron chi connectivity index (χ4n) is 2.70. The molecular formula is C16H21NO2S. The summed E-state index contributed by atoms with van der Waals surface area (Å²) in [6, 6.07) is 8.44. The van der Waals surface area contributed by atoms with Crippen molar-refractivity contribution in [2.24, 2.45) is 5.73 Å². The number of benzene rings is 1. The summed E-state index contributed by atoms with van der Waals surface area (Å²) in [6.45, 7) is 2.78. The molecular weight excluding hydrogens is 270 g/mol. The molecule has 1 fully saturated rings. The van der Waals surface area contributed by atoms with Crippen LogP contribution in [-0.2, 0) is 22.6 Å². The second-order valence-corrected chi connectivity index (χ2v) is 6.34. The number of hydrogen-bond donors (Lipinski definition) is 1. The number of hydrogen-bond acceptors (Lipinski definition) is 4. The van der Waals surface area contributed by atoms with Gasteiger partial charge in [0.2, 0.25) is 0 Å². The van der Waals surface area contributed by atoms with Crippen molar-refractivity contribution in [3.8, 4) is 0 Å². The predicted octanol–water partition coefficient (Wildman–Crippen LogP) is 3.45. The van der Waals surface area contributed by atoms with E-state index in [-0.39, 0.29) is 6.10 Å². The smallest absolute Gasteiger partial charge is 0.0808 e. The van der Waals surface area contributed by atoms with E-state index in [2.05, 4.69) is 24.3 Å². The lowest BCUT2D eigenvalue weighted by Gasteiger charge is -2.22. The molecule has 0 radical (unpaired) electrons. The van der Waals surface area contributed by atoms with Gasteiger partial charge in [0.05, 0.1) is 19.3 Å². The molecule has 3 rings (SSSR count). The van der Waals surface area contributed by atoms with Gasteiger partial charge >= 0.3 is 0 Å². The molecule has 0 spiro atoms. The molecule has 1 unspecified atom stereocenters. The molecule has 3 nitrogen and oxygen atoms in total. The SMILES string of the molecule is NCc1sc2ccccc2c1COCC1CCCCO1. The summed E-state index contributed by atoms with van der Waals surface area (Å²) in [7, 11) is 0. The van der Waals surface area contributed by atoms with Gasteiger partial charge in [0, 0.05) is 28.3 Å². The zero-order chi connectivity index (χ0) is 13.8. The molecule has 0 saturated carbocycles. The normalized spacial score (nSPS) is 19.6. The fourth-order valence-corrected chi connectivity index (χ4v) is 3.79. The van der Waals surface area contributed by atoms with Crippen LogP contribution in [0.5, 0.6) is 0 Å². The van der Waals surface area contributed by atoms with Crippen molar-refractivity contribution >= 4 is 21.4 Å². The average molecular weight is 291 g/mol. The van der Waals surface area contributed by atoms with Crippen molar-refractivity contribution in [1.29, 1.82) is 0 Å². The molecule has 0 amide bonds. The van der Waals surface area contributed by atoms with Gasteiger partial charge in [-0.15, -0.1) is 11.3 Å². The molecule has 1 aliphatic rings. The molecule has 2 N–H and O–H groups in total. The van der Waals surface area contributed by atoms with E-state index in [0.29, 0.717) is 19.8 Å². The van der Waals surface area contributed by atoms with Crippen LogP contribution in [0.1, 0.15) is 29.7 Å². The number of fused-ring (bicyclic) bond motifs is 1. The molecule has 1 saturated heterocycles. The Bertz CT molecular complexity index is 561. The highest BCUT2D eigenvalue weighted by Gasteiger charge is 2.15. The second-order valence-electron chi connectivity index (χ2n) is 5.21. The summed E-state index contributed by atoms with van der Waals surface area (Å²) in [6.07, 6.45) is 3.83. The Morgan fingerprint density at radius 2 is 2.20 bits per heavy atom. The Morgan fingerprint density at radius 3 is 3.00 bits per heavy atom. The molecule has 1 aliphatic heterocycles. The Balaban J connectivity index is 1.66. The van der Waals surface area contributed by atoms with Crippen LogP contribution >= 0.6 is 11.3 Å². The minimum atomic E-state index is 0.273. The van der Waals surface area contributed by atoms with Crippen molar-refractivity contribution in [2.75, 3.05) is 13.2 Å². The van der Waals surface area contributed by atoms with E-state index in [4.69, 9.17) is 15.2 Å². The van der Waals surface area contributed by atoms with Crippen LogP contribution in [-0.4, -0.2) is 19.3 Å². The third-order valence-electron chi connectivity index (χ3n) is 3.79. The third-order valence-corrected chi connectivity index (χ3v) is 5.03. The van der Waals surface area contributed by atoms with Crippen LogP contribution < -0.4 is 5.73 Å². The first-order valence-electron chi connectivity index (χ1n) is 7.27. The highest BCUT2D eigenvalue weighted by molar-refractivity contribution is 7.19. The van der Waals surface area contributed by atoms with Crippen molar-refractivity contribution in [2.45, 2.75) is 38.5 Å². The molecule has 2 heterocycles. The largest absolute Gasteiger partial charge is 0.376 e. The minimum Gasteiger partial charge on any atom is -0.376 e. The van der Waals surface area contributed by atoms with Gasteiger partial charge in [0.1, 0.15) is 0 Å². The molecule has 2 aromatic rings. The topological polar surface area (TPSA) is 44.5 Å². The van der Waals surface area contributed by atoms with Crippen LogP contribution in [0, 0.1) is 0 Å². The summed E-state index contributed by atoms with van der Waals surface area (Å²) in [5.74, 6) is 0. The quantitative estimate of drug-likeness (QED) is 0.917. The monoisotopic (exact) mass is 291 g/mol. The lowest BCUT2D eigenvalue weighted by Crippen LogP contribution is -2.24. The molecule has 4 heteroatoms. The molecule has 0 bridgehead atoms. The van der Waals surface area contributed by atoms with E-state index in [1.807, 2.05) is 0 Å². The van der Waals surface area contributed by atoms with Gasteiger partial charge in [0.15, 0.2) is 0 Å². The lowest BCUT2D eigenvalue weighted by atomic mass is 10.1. The number of nitrogens with two attached hydrogens (primary N) is 1. The average Bonchev–Trinajstić information content (AvgIpc) is 2.87. The first-order chi connectivity index (χ1) is 9.88. The Morgan fingerprint density at radius 1 is 1.30 bits per heavy atom. The maximum atomic E-state index is 5.89. The zero-order valence-corrected chi connectivity index (χ0v) is 12.5. The van der Waals surface area contributed by atoms with Gasteiger partial charge in [-0.3, -0.25) is 0 Å². The Hall–Kier alpha value is -0.940. The molecule has 1 aromatic heterocycles. The summed E-state index contributed by atoms with van der Waals surface area (Å²) in [4.78, 5) is 1.23. The minimum absolute atomic E-state index is 0.273. The first kappa shape index (κ1) is 14.0. The number of ether oxygens (including phenoxy) is 2. The highest BCUT2D eigenvalue weighted by atomic mass is 32.1. The summed E-state index contributed by atoms with van der Waals surface area (Å²) in [5.41, 5.74) is 7.11. The molecule has 1 aromatic carbocycles. The van der Waals surface area contributed by atoms with E-state index in [0.717, 1.165) is 13.0 Å². The maximum absolute atomic E-state index is 5.89. The van der Waals surface area contributed by atoms with Gasteiger partial charge in [-0.25, -0.2) is 0 Å². The predicted molar refractivity (Wildman–Crippen MR) is 83.0 cm³/mol. The van der Waals surface area contributed by atoms with Crippen LogP contribution in [0.3, 0.4) is 0 Å². The second kappa shape index (κ2) is 6.68. The highest BCUT2D eigenvalue weighted by Crippen LogP contribution is 2.31. The van der Waals surface area contributed by atoms with Gasteiger partial charge in [-0.2, -0.15) is 0 Å². The van der Waals surface area contributed by atoms with Gasteiger partial charge in [-0.05, 0) is 30.7 Å². The van der Waals surface area contributed by atoms with Crippen molar-refractivity contribution in [3.63, 3.8) is 0 Å². The Kier molecular flexibility index (Phi) is 4.68. The summed E-state index contributed by atoms with van der Waals surface area (Å²) < 4.78 is 12.9. The van der Waals surface area contributed by atoms with Gasteiger partial charge in [0.25, 0.3) is 0 Å². The van der Waals surface area contributed by atoms with Gasteiger partial charge < -0.3 is 15.2 Å². The van der Waals surface area contributed by atoms with Crippen LogP contribution in [0.2, 0.25) is 0 Å². The summed E-state index contributed by atoms with van der Waals surface area (Å²) in [5, 5.41) is 1.28. The van der Waals surface area contributed by atoms with Crippen LogP contribution in [0.15, 0.2) is 24.3 Å².